The van der Waals surface area contributed by atoms with E-state index in [9.17, 15) is 9.59 Å². The predicted molar refractivity (Wildman–Crippen MR) is 150 cm³/mol. The lowest BCUT2D eigenvalue weighted by atomic mass is 10.1. The molecule has 0 saturated carbocycles. The number of hydrazone groups is 1. The van der Waals surface area contributed by atoms with Crippen LogP contribution in [0.5, 0.6) is 28.7 Å². The van der Waals surface area contributed by atoms with Gasteiger partial charge in [-0.15, -0.1) is 0 Å². The van der Waals surface area contributed by atoms with Crippen molar-refractivity contribution in [3.05, 3.63) is 88.4 Å². The van der Waals surface area contributed by atoms with Crippen molar-refractivity contribution in [1.29, 1.82) is 0 Å². The first kappa shape index (κ1) is 27.5. The zero-order chi connectivity index (χ0) is 27.8. The molecule has 4 rings (SSSR count). The van der Waals surface area contributed by atoms with E-state index in [-0.39, 0.29) is 12.2 Å². The summed E-state index contributed by atoms with van der Waals surface area (Å²) in [5.74, 6) is 0.968. The molecule has 0 aromatic heterocycles. The molecule has 4 aromatic carbocycles. The molecule has 1 amide bonds. The molecule has 0 aliphatic heterocycles. The molecule has 39 heavy (non-hydrogen) atoms. The standard InChI is InChI=1S/C29H25BrN2O7/c1-35-25-14-21(15-26(36-2)28(25)37-3)29(34)39-23-9-4-18(5-10-23)16-31-32-27(33)17-38-24-11-7-19-12-22(30)8-6-20(19)13-24/h4-16H,17H2,1-3H3,(H,32,33)/b31-16-. The number of hydrogen-bond acceptors (Lipinski definition) is 8. The molecule has 0 unspecified atom stereocenters. The van der Waals surface area contributed by atoms with Gasteiger partial charge in [0.25, 0.3) is 5.91 Å². The molecule has 0 saturated heterocycles. The van der Waals surface area contributed by atoms with Crippen LogP contribution < -0.4 is 29.1 Å². The number of benzene rings is 4. The van der Waals surface area contributed by atoms with Crippen LogP contribution in [0.2, 0.25) is 0 Å². The summed E-state index contributed by atoms with van der Waals surface area (Å²) in [4.78, 5) is 24.8. The Balaban J connectivity index is 1.29. The van der Waals surface area contributed by atoms with Crippen molar-refractivity contribution in [1.82, 2.24) is 5.43 Å². The monoisotopic (exact) mass is 592 g/mol. The Morgan fingerprint density at radius 2 is 1.46 bits per heavy atom. The highest BCUT2D eigenvalue weighted by Crippen LogP contribution is 2.38. The van der Waals surface area contributed by atoms with Gasteiger partial charge in [0.2, 0.25) is 5.75 Å². The summed E-state index contributed by atoms with van der Waals surface area (Å²) < 4.78 is 27.9. The molecule has 200 valence electrons. The molecule has 4 aromatic rings. The summed E-state index contributed by atoms with van der Waals surface area (Å²) in [6.07, 6.45) is 1.47. The van der Waals surface area contributed by atoms with E-state index in [0.29, 0.717) is 34.3 Å². The minimum Gasteiger partial charge on any atom is -0.493 e. The minimum absolute atomic E-state index is 0.185. The summed E-state index contributed by atoms with van der Waals surface area (Å²) in [7, 11) is 4.41. The Labute approximate surface area is 233 Å². The second kappa shape index (κ2) is 12.8. The second-order valence-corrected chi connectivity index (χ2v) is 9.02. The van der Waals surface area contributed by atoms with Crippen LogP contribution in [-0.4, -0.2) is 46.0 Å². The molecule has 1 N–H and O–H groups in total. The van der Waals surface area contributed by atoms with Gasteiger partial charge in [0.05, 0.1) is 33.1 Å². The molecular weight excluding hydrogens is 568 g/mol. The van der Waals surface area contributed by atoms with Gasteiger partial charge < -0.3 is 23.7 Å². The molecule has 0 aliphatic carbocycles. The van der Waals surface area contributed by atoms with Gasteiger partial charge >= 0.3 is 5.97 Å². The number of methoxy groups -OCH3 is 3. The van der Waals surface area contributed by atoms with E-state index in [1.54, 1.807) is 30.3 Å². The van der Waals surface area contributed by atoms with Crippen molar-refractivity contribution >= 4 is 44.8 Å². The van der Waals surface area contributed by atoms with E-state index >= 15 is 0 Å². The molecule has 0 aliphatic rings. The molecule has 0 heterocycles. The van der Waals surface area contributed by atoms with Crippen molar-refractivity contribution in [3.8, 4) is 28.7 Å². The first-order valence-corrected chi connectivity index (χ1v) is 12.5. The lowest BCUT2D eigenvalue weighted by molar-refractivity contribution is -0.123. The average Bonchev–Trinajstić information content (AvgIpc) is 2.96. The second-order valence-electron chi connectivity index (χ2n) is 8.11. The van der Waals surface area contributed by atoms with E-state index in [1.807, 2.05) is 30.3 Å². The summed E-state index contributed by atoms with van der Waals surface area (Å²) in [5.41, 5.74) is 3.34. The average molecular weight is 593 g/mol. The molecule has 0 spiro atoms. The van der Waals surface area contributed by atoms with Crippen LogP contribution in [0.4, 0.5) is 0 Å². The van der Waals surface area contributed by atoms with E-state index in [1.165, 1.54) is 39.7 Å². The highest BCUT2D eigenvalue weighted by molar-refractivity contribution is 9.10. The molecular formula is C29H25BrN2O7. The molecule has 10 heteroatoms. The van der Waals surface area contributed by atoms with Crippen LogP contribution in [-0.2, 0) is 4.79 Å². The summed E-state index contributed by atoms with van der Waals surface area (Å²) in [6.45, 7) is -0.185. The van der Waals surface area contributed by atoms with E-state index < -0.39 is 11.9 Å². The molecule has 0 fully saturated rings. The SMILES string of the molecule is COc1cc(C(=O)Oc2ccc(/C=N\NC(=O)COc3ccc4cc(Br)ccc4c3)cc2)cc(OC)c1OC. The van der Waals surface area contributed by atoms with Gasteiger partial charge in [-0.05, 0) is 77.0 Å². The van der Waals surface area contributed by atoms with E-state index in [0.717, 1.165) is 15.2 Å². The Morgan fingerprint density at radius 1 is 0.821 bits per heavy atom. The number of halogens is 1. The van der Waals surface area contributed by atoms with Crippen LogP contribution in [0.25, 0.3) is 10.8 Å². The van der Waals surface area contributed by atoms with Gasteiger partial charge in [-0.1, -0.05) is 28.1 Å². The molecule has 0 radical (unpaired) electrons. The molecule has 9 nitrogen and oxygen atoms in total. The number of nitrogens with one attached hydrogen (secondary N) is 1. The topological polar surface area (TPSA) is 105 Å². The Bertz CT molecular complexity index is 1500. The number of carbonyl (C=O) groups is 2. The van der Waals surface area contributed by atoms with Gasteiger partial charge in [-0.25, -0.2) is 10.2 Å². The molecule has 0 bridgehead atoms. The fourth-order valence-electron chi connectivity index (χ4n) is 3.63. The smallest absolute Gasteiger partial charge is 0.343 e. The zero-order valence-corrected chi connectivity index (χ0v) is 23.0. The largest absolute Gasteiger partial charge is 0.493 e. The number of fused-ring (bicyclic) bond motifs is 1. The third-order valence-corrected chi connectivity index (χ3v) is 6.03. The van der Waals surface area contributed by atoms with Crippen LogP contribution in [0, 0.1) is 0 Å². The maximum Gasteiger partial charge on any atom is 0.343 e. The van der Waals surface area contributed by atoms with Crippen molar-refractivity contribution in [2.75, 3.05) is 27.9 Å². The van der Waals surface area contributed by atoms with Gasteiger partial charge in [0.15, 0.2) is 18.1 Å². The Kier molecular flexibility index (Phi) is 9.01. The maximum absolute atomic E-state index is 12.7. The van der Waals surface area contributed by atoms with Gasteiger partial charge in [-0.2, -0.15) is 5.10 Å². The quantitative estimate of drug-likeness (QED) is 0.114. The lowest BCUT2D eigenvalue weighted by Crippen LogP contribution is -2.24. The Morgan fingerprint density at radius 3 is 2.13 bits per heavy atom. The third kappa shape index (κ3) is 7.05. The van der Waals surface area contributed by atoms with Crippen LogP contribution >= 0.6 is 15.9 Å². The fourth-order valence-corrected chi connectivity index (χ4v) is 4.01. The fraction of sp³-hybridized carbons (Fsp3) is 0.138. The van der Waals surface area contributed by atoms with Gasteiger partial charge in [0, 0.05) is 4.47 Å². The normalized spacial score (nSPS) is 10.8. The number of ether oxygens (including phenoxy) is 5. The van der Waals surface area contributed by atoms with Crippen molar-refractivity contribution in [3.63, 3.8) is 0 Å². The zero-order valence-electron chi connectivity index (χ0n) is 21.4. The summed E-state index contributed by atoms with van der Waals surface area (Å²) in [5, 5.41) is 6.02. The van der Waals surface area contributed by atoms with Crippen LogP contribution in [0.15, 0.2) is 82.4 Å². The van der Waals surface area contributed by atoms with E-state index in [4.69, 9.17) is 23.7 Å². The van der Waals surface area contributed by atoms with Gasteiger partial charge in [-0.3, -0.25) is 4.79 Å². The number of amides is 1. The first-order chi connectivity index (χ1) is 18.9. The van der Waals surface area contributed by atoms with Crippen LogP contribution in [0.3, 0.4) is 0 Å². The summed E-state index contributed by atoms with van der Waals surface area (Å²) in [6, 6.07) is 21.2. The number of esters is 1. The number of hydrogen-bond donors (Lipinski definition) is 1. The van der Waals surface area contributed by atoms with Crippen LogP contribution in [0.1, 0.15) is 15.9 Å². The van der Waals surface area contributed by atoms with E-state index in [2.05, 4.69) is 26.5 Å². The third-order valence-electron chi connectivity index (χ3n) is 5.54. The lowest BCUT2D eigenvalue weighted by Gasteiger charge is -2.13. The Hall–Kier alpha value is -4.57. The van der Waals surface area contributed by atoms with Crippen molar-refractivity contribution < 1.29 is 33.3 Å². The predicted octanol–water partition coefficient (Wildman–Crippen LogP) is 5.38. The van der Waals surface area contributed by atoms with Crippen molar-refractivity contribution in [2.24, 2.45) is 5.10 Å². The van der Waals surface area contributed by atoms with Crippen molar-refractivity contribution in [2.45, 2.75) is 0 Å². The number of nitrogens with zero attached hydrogens (tertiary/aromatic N) is 1. The minimum atomic E-state index is -0.595. The highest BCUT2D eigenvalue weighted by Gasteiger charge is 2.18. The number of rotatable bonds is 10. The van der Waals surface area contributed by atoms with Gasteiger partial charge in [0.1, 0.15) is 11.5 Å². The number of carbonyl (C=O) groups excluding carboxylic acids is 2. The molecule has 0 atom stereocenters. The summed E-state index contributed by atoms with van der Waals surface area (Å²) >= 11 is 3.45. The maximum atomic E-state index is 12.7. The highest BCUT2D eigenvalue weighted by atomic mass is 79.9. The first-order valence-electron chi connectivity index (χ1n) is 11.7.